The molecule has 2 amide bonds. The molecule has 0 radical (unpaired) electrons. The van der Waals surface area contributed by atoms with Gasteiger partial charge in [-0.3, -0.25) is 9.59 Å². The van der Waals surface area contributed by atoms with E-state index in [1.165, 1.54) is 0 Å². The number of nitrogens with one attached hydrogen (secondary N) is 1. The lowest BCUT2D eigenvalue weighted by Gasteiger charge is -2.30. The van der Waals surface area contributed by atoms with Gasteiger partial charge in [-0.15, -0.1) is 0 Å². The monoisotopic (exact) mass is 580 g/mol. The van der Waals surface area contributed by atoms with Crippen molar-refractivity contribution in [3.05, 3.63) is 82.7 Å². The number of carbonyl (C=O) groups excluding carboxylic acids is 2. The summed E-state index contributed by atoms with van der Waals surface area (Å²) in [4.78, 5) is 33.7. The Kier molecular flexibility index (Phi) is 15.8. The van der Waals surface area contributed by atoms with E-state index < -0.39 is 11.6 Å². The van der Waals surface area contributed by atoms with Crippen LogP contribution in [0, 0.1) is 5.41 Å². The molecule has 3 rings (SSSR count). The highest BCUT2D eigenvalue weighted by atomic mass is 16.3. The van der Waals surface area contributed by atoms with Gasteiger partial charge in [-0.2, -0.15) is 0 Å². The third kappa shape index (κ3) is 10.7. The number of aliphatic imine (C=N–C) groups is 1. The molecule has 1 atom stereocenters. The number of nitrogens with zero attached hydrogens (tertiary/aromatic N) is 3. The van der Waals surface area contributed by atoms with Crippen molar-refractivity contribution in [1.29, 1.82) is 0 Å². The molecule has 0 spiro atoms. The molecule has 1 unspecified atom stereocenters. The molecule has 8 heteroatoms. The molecule has 1 fully saturated rings. The first-order valence-corrected chi connectivity index (χ1v) is 15.1. The molecule has 2 aliphatic heterocycles. The average molecular weight is 581 g/mol. The second-order valence-corrected chi connectivity index (χ2v) is 10.6. The molecule has 0 aliphatic carbocycles. The number of hydrogen-bond donors (Lipinski definition) is 3. The van der Waals surface area contributed by atoms with Crippen molar-refractivity contribution >= 4 is 18.2 Å². The topological polar surface area (TPSA) is 105 Å². The van der Waals surface area contributed by atoms with Gasteiger partial charge in [0.2, 0.25) is 5.91 Å². The van der Waals surface area contributed by atoms with Crippen LogP contribution in [-0.4, -0.2) is 63.6 Å². The number of aliphatic hydroxyl groups excluding tert-OH is 2. The summed E-state index contributed by atoms with van der Waals surface area (Å²) >= 11 is 0. The van der Waals surface area contributed by atoms with Crippen LogP contribution in [0.25, 0.3) is 0 Å². The molecule has 1 aromatic carbocycles. The van der Waals surface area contributed by atoms with E-state index in [2.05, 4.69) is 10.3 Å². The van der Waals surface area contributed by atoms with Crippen LogP contribution in [0.2, 0.25) is 0 Å². The fourth-order valence-electron chi connectivity index (χ4n) is 4.20. The predicted molar refractivity (Wildman–Crippen MR) is 173 cm³/mol. The maximum absolute atomic E-state index is 12.9. The van der Waals surface area contributed by atoms with Gasteiger partial charge in [0.15, 0.2) is 0 Å². The maximum atomic E-state index is 12.9. The number of benzene rings is 1. The zero-order valence-electron chi connectivity index (χ0n) is 27.0. The number of amides is 2. The number of piperidine rings is 1. The Bertz CT molecular complexity index is 1170. The highest BCUT2D eigenvalue weighted by Crippen LogP contribution is 2.24. The second kappa shape index (κ2) is 18.1. The number of aliphatic hydroxyl groups is 2. The summed E-state index contributed by atoms with van der Waals surface area (Å²) in [6, 6.07) is 7.38. The SMILES string of the molecule is CC.CC.C\C=C/C(C1=CC(O)N(Cc2cccc(C(=O)N3CCC(O)CC3)c2)C=N1)=C(\C=C\C)NC(=O)C(C)(C)C. The highest BCUT2D eigenvalue weighted by Gasteiger charge is 2.25. The Balaban J connectivity index is 0.00000211. The fourth-order valence-corrected chi connectivity index (χ4v) is 4.20. The summed E-state index contributed by atoms with van der Waals surface area (Å²) < 4.78 is 0. The number of rotatable bonds is 7. The molecule has 0 saturated carbocycles. The average Bonchev–Trinajstić information content (AvgIpc) is 2.98. The minimum atomic E-state index is -0.948. The number of allylic oxidation sites excluding steroid dienone is 4. The Labute approximate surface area is 253 Å². The van der Waals surface area contributed by atoms with Crippen LogP contribution in [-0.2, 0) is 11.3 Å². The predicted octanol–water partition coefficient (Wildman–Crippen LogP) is 5.95. The van der Waals surface area contributed by atoms with E-state index in [4.69, 9.17) is 0 Å². The standard InChI is InChI=1S/C30H40N4O4.2C2H6/c1-6-9-24(25(10-7-2)32-29(38)30(3,4)5)26-18-27(36)34(20-31-26)19-21-11-8-12-22(17-21)28(37)33-15-13-23(35)14-16-33;2*1-2/h6-12,17-18,20,23,27,35-36H,13-16,19H2,1-5H3,(H,32,38);2*1-2H3/b9-6-,10-7+,25-24-;;. The zero-order chi connectivity index (χ0) is 31.9. The summed E-state index contributed by atoms with van der Waals surface area (Å²) in [5, 5.41) is 23.7. The summed E-state index contributed by atoms with van der Waals surface area (Å²) in [5.41, 5.74) is 2.72. The summed E-state index contributed by atoms with van der Waals surface area (Å²) in [7, 11) is 0. The molecular weight excluding hydrogens is 528 g/mol. The van der Waals surface area contributed by atoms with E-state index in [0.717, 1.165) is 5.56 Å². The van der Waals surface area contributed by atoms with Crippen molar-refractivity contribution in [2.75, 3.05) is 13.1 Å². The van der Waals surface area contributed by atoms with E-state index in [0.29, 0.717) is 55.0 Å². The Morgan fingerprint density at radius 2 is 1.64 bits per heavy atom. The molecule has 8 nitrogen and oxygen atoms in total. The van der Waals surface area contributed by atoms with Gasteiger partial charge in [0, 0.05) is 41.9 Å². The fraction of sp³-hybridized carbons (Fsp3) is 0.500. The van der Waals surface area contributed by atoms with Crippen LogP contribution in [0.5, 0.6) is 0 Å². The quantitative estimate of drug-likeness (QED) is 0.346. The van der Waals surface area contributed by atoms with E-state index in [-0.39, 0.29) is 17.9 Å². The lowest BCUT2D eigenvalue weighted by Crippen LogP contribution is -2.40. The lowest BCUT2D eigenvalue weighted by molar-refractivity contribution is -0.127. The Morgan fingerprint density at radius 3 is 2.19 bits per heavy atom. The van der Waals surface area contributed by atoms with Gasteiger partial charge in [0.1, 0.15) is 6.23 Å². The van der Waals surface area contributed by atoms with Crippen molar-refractivity contribution in [2.45, 2.75) is 94.0 Å². The van der Waals surface area contributed by atoms with Crippen LogP contribution in [0.15, 0.2) is 76.6 Å². The first-order chi connectivity index (χ1) is 20.0. The molecule has 1 aromatic rings. The van der Waals surface area contributed by atoms with Crippen LogP contribution in [0.1, 0.15) is 91.1 Å². The first kappa shape index (κ1) is 36.5. The van der Waals surface area contributed by atoms with Crippen LogP contribution in [0.4, 0.5) is 0 Å². The molecule has 232 valence electrons. The first-order valence-electron chi connectivity index (χ1n) is 15.1. The number of hydrogen-bond acceptors (Lipinski definition) is 6. The van der Waals surface area contributed by atoms with Gasteiger partial charge >= 0.3 is 0 Å². The van der Waals surface area contributed by atoms with Crippen molar-refractivity contribution in [1.82, 2.24) is 15.1 Å². The molecule has 1 saturated heterocycles. The second-order valence-electron chi connectivity index (χ2n) is 10.6. The van der Waals surface area contributed by atoms with Gasteiger partial charge in [0.05, 0.1) is 18.1 Å². The summed E-state index contributed by atoms with van der Waals surface area (Å²) in [5.74, 6) is -0.172. The molecule has 3 N–H and O–H groups in total. The Morgan fingerprint density at radius 1 is 1.02 bits per heavy atom. The highest BCUT2D eigenvalue weighted by molar-refractivity contribution is 5.94. The van der Waals surface area contributed by atoms with E-state index in [1.807, 2.05) is 105 Å². The third-order valence-electron chi connectivity index (χ3n) is 6.44. The zero-order valence-corrected chi connectivity index (χ0v) is 27.0. The minimum Gasteiger partial charge on any atom is -0.393 e. The third-order valence-corrected chi connectivity index (χ3v) is 6.44. The van der Waals surface area contributed by atoms with Crippen LogP contribution < -0.4 is 5.32 Å². The molecular formula is C34H52N4O4. The van der Waals surface area contributed by atoms with Crippen molar-refractivity contribution in [3.63, 3.8) is 0 Å². The molecule has 2 aliphatic rings. The van der Waals surface area contributed by atoms with Gasteiger partial charge in [0.25, 0.3) is 5.91 Å². The normalized spacial score (nSPS) is 18.1. The van der Waals surface area contributed by atoms with E-state index in [9.17, 15) is 19.8 Å². The van der Waals surface area contributed by atoms with Gasteiger partial charge in [-0.25, -0.2) is 4.99 Å². The maximum Gasteiger partial charge on any atom is 0.253 e. The van der Waals surface area contributed by atoms with Crippen molar-refractivity contribution in [3.8, 4) is 0 Å². The van der Waals surface area contributed by atoms with Gasteiger partial charge < -0.3 is 25.3 Å². The van der Waals surface area contributed by atoms with Crippen LogP contribution in [0.3, 0.4) is 0 Å². The number of carbonyl (C=O) groups is 2. The largest absolute Gasteiger partial charge is 0.393 e. The Hall–Kier alpha value is -3.49. The summed E-state index contributed by atoms with van der Waals surface area (Å²) in [6.07, 6.45) is 10.5. The van der Waals surface area contributed by atoms with Crippen molar-refractivity contribution in [2.24, 2.45) is 10.4 Å². The summed E-state index contributed by atoms with van der Waals surface area (Å²) in [6.45, 7) is 18.8. The molecule has 42 heavy (non-hydrogen) atoms. The van der Waals surface area contributed by atoms with Gasteiger partial charge in [-0.1, -0.05) is 78.8 Å². The number of likely N-dealkylation sites (tertiary alicyclic amines) is 1. The van der Waals surface area contributed by atoms with Crippen molar-refractivity contribution < 1.29 is 19.8 Å². The van der Waals surface area contributed by atoms with E-state index in [1.54, 1.807) is 28.3 Å². The molecule has 0 aromatic heterocycles. The lowest BCUT2D eigenvalue weighted by atomic mass is 9.95. The molecule has 2 heterocycles. The van der Waals surface area contributed by atoms with Crippen LogP contribution >= 0.6 is 0 Å². The van der Waals surface area contributed by atoms with Gasteiger partial charge in [-0.05, 0) is 56.5 Å². The van der Waals surface area contributed by atoms with E-state index >= 15 is 0 Å². The smallest absolute Gasteiger partial charge is 0.253 e. The molecule has 0 bridgehead atoms. The minimum absolute atomic E-state index is 0.0521.